The summed E-state index contributed by atoms with van der Waals surface area (Å²) in [5.41, 5.74) is 0.746. The highest BCUT2D eigenvalue weighted by atomic mass is 19.1. The molecule has 0 amide bonds. The number of methoxy groups -OCH3 is 1. The lowest BCUT2D eigenvalue weighted by Crippen LogP contribution is -2.43. The Bertz CT molecular complexity index is 884. The van der Waals surface area contributed by atoms with Crippen LogP contribution in [-0.2, 0) is 10.2 Å². The van der Waals surface area contributed by atoms with E-state index in [-0.39, 0.29) is 17.3 Å². The summed E-state index contributed by atoms with van der Waals surface area (Å²) in [5.74, 6) is 1.91. The van der Waals surface area contributed by atoms with E-state index in [0.29, 0.717) is 43.8 Å². The second-order valence-electron chi connectivity index (χ2n) is 8.06. The molecule has 6 nitrogen and oxygen atoms in total. The fourth-order valence-electron chi connectivity index (χ4n) is 3.91. The molecule has 3 rings (SSSR count). The van der Waals surface area contributed by atoms with E-state index in [1.54, 1.807) is 19.2 Å². The summed E-state index contributed by atoms with van der Waals surface area (Å²) >= 11 is 0. The molecular formula is C25H34FN3O3. The molecule has 0 spiro atoms. The molecule has 0 saturated carbocycles. The number of aliphatic imine (C=N–C) groups is 1. The molecule has 7 heteroatoms. The fraction of sp³-hybridized carbons (Fsp3) is 0.480. The van der Waals surface area contributed by atoms with Crippen LogP contribution in [0.3, 0.4) is 0 Å². The van der Waals surface area contributed by atoms with Gasteiger partial charge < -0.3 is 24.8 Å². The molecule has 2 aromatic rings. The highest BCUT2D eigenvalue weighted by Gasteiger charge is 2.34. The topological polar surface area (TPSA) is 64.1 Å². The minimum absolute atomic E-state index is 0.101. The predicted octanol–water partition coefficient (Wildman–Crippen LogP) is 3.91. The maximum absolute atomic E-state index is 13.9. The van der Waals surface area contributed by atoms with E-state index in [1.165, 1.54) is 6.07 Å². The van der Waals surface area contributed by atoms with Crippen LogP contribution in [0.15, 0.2) is 53.5 Å². The average Bonchev–Trinajstić information content (AvgIpc) is 2.82. The van der Waals surface area contributed by atoms with E-state index in [4.69, 9.17) is 19.2 Å². The summed E-state index contributed by atoms with van der Waals surface area (Å²) in [5, 5.41) is 6.66. The summed E-state index contributed by atoms with van der Waals surface area (Å²) in [7, 11) is 1.63. The number of halogens is 1. The van der Waals surface area contributed by atoms with Crippen LogP contribution in [0, 0.1) is 5.82 Å². The van der Waals surface area contributed by atoms with Crippen LogP contribution in [0.5, 0.6) is 11.5 Å². The lowest BCUT2D eigenvalue weighted by Gasteiger charge is -2.36. The molecule has 1 aliphatic heterocycles. The molecule has 0 aliphatic carbocycles. The molecule has 0 bridgehead atoms. The molecule has 1 fully saturated rings. The predicted molar refractivity (Wildman–Crippen MR) is 125 cm³/mol. The van der Waals surface area contributed by atoms with Crippen molar-refractivity contribution < 1.29 is 18.6 Å². The van der Waals surface area contributed by atoms with Gasteiger partial charge in [0.1, 0.15) is 11.9 Å². The zero-order valence-corrected chi connectivity index (χ0v) is 19.2. The van der Waals surface area contributed by atoms with Gasteiger partial charge in [0.15, 0.2) is 17.5 Å². The maximum Gasteiger partial charge on any atom is 0.191 e. The van der Waals surface area contributed by atoms with Crippen molar-refractivity contribution in [2.45, 2.75) is 38.2 Å². The minimum atomic E-state index is -0.234. The summed E-state index contributed by atoms with van der Waals surface area (Å²) < 4.78 is 30.9. The van der Waals surface area contributed by atoms with Crippen LogP contribution in [0.2, 0.25) is 0 Å². The largest absolute Gasteiger partial charge is 0.493 e. The van der Waals surface area contributed by atoms with Crippen molar-refractivity contribution in [1.29, 1.82) is 0 Å². The van der Waals surface area contributed by atoms with Crippen LogP contribution in [0.25, 0.3) is 0 Å². The van der Waals surface area contributed by atoms with Crippen molar-refractivity contribution >= 4 is 5.96 Å². The Morgan fingerprint density at radius 3 is 2.56 bits per heavy atom. The number of rotatable bonds is 9. The molecule has 2 N–H and O–H groups in total. The van der Waals surface area contributed by atoms with Crippen LogP contribution in [0.4, 0.5) is 4.39 Å². The Morgan fingerprint density at radius 2 is 1.88 bits per heavy atom. The zero-order valence-electron chi connectivity index (χ0n) is 19.2. The van der Waals surface area contributed by atoms with Gasteiger partial charge in [-0.15, -0.1) is 0 Å². The first-order valence-electron chi connectivity index (χ1n) is 11.2. The normalized spacial score (nSPS) is 16.8. The molecule has 1 heterocycles. The number of hydrogen-bond donors (Lipinski definition) is 2. The lowest BCUT2D eigenvalue weighted by atomic mass is 9.74. The molecule has 2 aromatic carbocycles. The van der Waals surface area contributed by atoms with Crippen LogP contribution in [-0.4, -0.2) is 52.0 Å². The standard InChI is InChI=1S/C25H34FN3O3/c1-4-27-24(28-17-19(2)32-23-11-6-5-10-22(23)30-3)29-18-25(12-14-31-15-13-25)20-8-7-9-21(26)16-20/h5-11,16,19H,4,12-15,17-18H2,1-3H3,(H2,27,28,29). The third-order valence-corrected chi connectivity index (χ3v) is 5.73. The second kappa shape index (κ2) is 11.7. The Balaban J connectivity index is 1.67. The van der Waals surface area contributed by atoms with E-state index < -0.39 is 0 Å². The number of benzene rings is 2. The van der Waals surface area contributed by atoms with E-state index in [9.17, 15) is 4.39 Å². The third-order valence-electron chi connectivity index (χ3n) is 5.73. The fourth-order valence-corrected chi connectivity index (χ4v) is 3.91. The number of ether oxygens (including phenoxy) is 3. The van der Waals surface area contributed by atoms with Gasteiger partial charge in [-0.2, -0.15) is 0 Å². The minimum Gasteiger partial charge on any atom is -0.493 e. The molecule has 1 aliphatic rings. The van der Waals surface area contributed by atoms with E-state index in [0.717, 1.165) is 24.9 Å². The Kier molecular flexibility index (Phi) is 8.73. The number of para-hydroxylation sites is 2. The summed E-state index contributed by atoms with van der Waals surface area (Å²) in [6.07, 6.45) is 1.52. The highest BCUT2D eigenvalue weighted by molar-refractivity contribution is 5.79. The Labute approximate surface area is 190 Å². The third kappa shape index (κ3) is 6.36. The number of nitrogens with zero attached hydrogens (tertiary/aromatic N) is 1. The van der Waals surface area contributed by atoms with Gasteiger partial charge in [-0.3, -0.25) is 4.99 Å². The second-order valence-corrected chi connectivity index (χ2v) is 8.06. The molecule has 0 aromatic heterocycles. The van der Waals surface area contributed by atoms with E-state index in [1.807, 2.05) is 44.2 Å². The van der Waals surface area contributed by atoms with Crippen LogP contribution < -0.4 is 20.1 Å². The molecule has 1 unspecified atom stereocenters. The summed E-state index contributed by atoms with van der Waals surface area (Å²) in [6.45, 7) is 7.19. The van der Waals surface area contributed by atoms with E-state index >= 15 is 0 Å². The molecule has 174 valence electrons. The lowest BCUT2D eigenvalue weighted by molar-refractivity contribution is 0.0530. The Morgan fingerprint density at radius 1 is 1.12 bits per heavy atom. The molecular weight excluding hydrogens is 409 g/mol. The van der Waals surface area contributed by atoms with Gasteiger partial charge in [0.25, 0.3) is 0 Å². The average molecular weight is 444 g/mol. The first kappa shape index (κ1) is 23.9. The van der Waals surface area contributed by atoms with Gasteiger partial charge in [0.05, 0.1) is 20.2 Å². The van der Waals surface area contributed by atoms with Crippen molar-refractivity contribution in [3.05, 3.63) is 59.9 Å². The Hall–Kier alpha value is -2.80. The molecule has 0 radical (unpaired) electrons. The maximum atomic E-state index is 13.9. The van der Waals surface area contributed by atoms with E-state index in [2.05, 4.69) is 10.6 Å². The zero-order chi connectivity index (χ0) is 22.8. The van der Waals surface area contributed by atoms with Crippen LogP contribution >= 0.6 is 0 Å². The number of guanidine groups is 1. The van der Waals surface area contributed by atoms with Crippen molar-refractivity contribution in [1.82, 2.24) is 10.6 Å². The summed E-state index contributed by atoms with van der Waals surface area (Å²) in [4.78, 5) is 4.86. The van der Waals surface area contributed by atoms with Gasteiger partial charge in [-0.25, -0.2) is 4.39 Å². The highest BCUT2D eigenvalue weighted by Crippen LogP contribution is 2.35. The van der Waals surface area contributed by atoms with Crippen molar-refractivity contribution in [3.8, 4) is 11.5 Å². The first-order valence-corrected chi connectivity index (χ1v) is 11.2. The molecule has 1 saturated heterocycles. The van der Waals surface area contributed by atoms with Crippen LogP contribution in [0.1, 0.15) is 32.3 Å². The smallest absolute Gasteiger partial charge is 0.191 e. The SMILES string of the molecule is CCNC(=NCC1(c2cccc(F)c2)CCOCC1)NCC(C)Oc1ccccc1OC. The van der Waals surface area contributed by atoms with Gasteiger partial charge in [0.2, 0.25) is 0 Å². The molecule has 1 atom stereocenters. The van der Waals surface area contributed by atoms with Gasteiger partial charge >= 0.3 is 0 Å². The van der Waals surface area contributed by atoms with Gasteiger partial charge in [0, 0.05) is 25.2 Å². The number of nitrogens with one attached hydrogen (secondary N) is 2. The first-order chi connectivity index (χ1) is 15.6. The monoisotopic (exact) mass is 443 g/mol. The van der Waals surface area contributed by atoms with Crippen molar-refractivity contribution in [2.24, 2.45) is 4.99 Å². The van der Waals surface area contributed by atoms with Crippen molar-refractivity contribution in [2.75, 3.05) is 40.0 Å². The summed E-state index contributed by atoms with van der Waals surface area (Å²) in [6, 6.07) is 14.5. The number of hydrogen-bond acceptors (Lipinski definition) is 4. The molecule has 32 heavy (non-hydrogen) atoms. The van der Waals surface area contributed by atoms with Crippen molar-refractivity contribution in [3.63, 3.8) is 0 Å². The quantitative estimate of drug-likeness (QED) is 0.455. The van der Waals surface area contributed by atoms with Gasteiger partial charge in [-0.05, 0) is 56.5 Å². The van der Waals surface area contributed by atoms with Gasteiger partial charge in [-0.1, -0.05) is 24.3 Å².